The summed E-state index contributed by atoms with van der Waals surface area (Å²) in [5.41, 5.74) is 1.35. The van der Waals surface area contributed by atoms with E-state index in [1.54, 1.807) is 12.1 Å². The zero-order chi connectivity index (χ0) is 20.3. The van der Waals surface area contributed by atoms with E-state index in [0.29, 0.717) is 25.3 Å². The highest BCUT2D eigenvalue weighted by Gasteiger charge is 2.37. The molecule has 0 aliphatic carbocycles. The third-order valence-corrected chi connectivity index (χ3v) is 6.72. The first-order chi connectivity index (χ1) is 13.3. The van der Waals surface area contributed by atoms with Gasteiger partial charge in [-0.3, -0.25) is 4.79 Å². The molecule has 1 atom stereocenters. The Hall–Kier alpha value is -2.42. The molecule has 0 bridgehead atoms. The normalized spacial score (nSPS) is 18.6. The Balaban J connectivity index is 2.06. The van der Waals surface area contributed by atoms with Crippen LogP contribution in [-0.4, -0.2) is 57.3 Å². The van der Waals surface area contributed by atoms with Gasteiger partial charge in [0.05, 0.1) is 13.2 Å². The minimum Gasteiger partial charge on any atom is -0.495 e. The average Bonchev–Trinajstić information content (AvgIpc) is 2.68. The zero-order valence-corrected chi connectivity index (χ0v) is 17.1. The molecule has 2 aromatic rings. The number of amides is 1. The van der Waals surface area contributed by atoms with Crippen molar-refractivity contribution in [3.63, 3.8) is 0 Å². The molecular formula is C20H25N3O4S. The summed E-state index contributed by atoms with van der Waals surface area (Å²) in [5.74, 6) is -0.0184. The maximum absolute atomic E-state index is 13.6. The molecule has 1 saturated heterocycles. The number of hydrogen-bond donors (Lipinski definition) is 1. The molecule has 0 aromatic heterocycles. The number of methoxy groups -OCH3 is 1. The summed E-state index contributed by atoms with van der Waals surface area (Å²) in [6, 6.07) is 13.9. The molecule has 1 aliphatic heterocycles. The van der Waals surface area contributed by atoms with Crippen LogP contribution in [-0.2, 0) is 14.8 Å². The molecule has 0 radical (unpaired) electrons. The van der Waals surface area contributed by atoms with Crippen molar-refractivity contribution in [2.75, 3.05) is 39.1 Å². The minimum absolute atomic E-state index is 0.0479. The van der Waals surface area contributed by atoms with E-state index in [1.165, 1.54) is 24.4 Å². The van der Waals surface area contributed by atoms with Crippen molar-refractivity contribution in [2.24, 2.45) is 0 Å². The zero-order valence-electron chi connectivity index (χ0n) is 16.3. The van der Waals surface area contributed by atoms with Crippen molar-refractivity contribution in [3.8, 4) is 5.75 Å². The fourth-order valence-electron chi connectivity index (χ4n) is 3.42. The van der Waals surface area contributed by atoms with Gasteiger partial charge in [0.2, 0.25) is 15.9 Å². The van der Waals surface area contributed by atoms with Crippen LogP contribution in [0.3, 0.4) is 0 Å². The Kier molecular flexibility index (Phi) is 6.02. The number of rotatable bonds is 5. The molecule has 1 amide bonds. The van der Waals surface area contributed by atoms with Gasteiger partial charge in [0.15, 0.2) is 0 Å². The van der Waals surface area contributed by atoms with Gasteiger partial charge in [-0.05, 0) is 30.8 Å². The fraction of sp³-hybridized carbons (Fsp3) is 0.350. The lowest BCUT2D eigenvalue weighted by Gasteiger charge is -2.39. The first-order valence-corrected chi connectivity index (χ1v) is 10.5. The third kappa shape index (κ3) is 4.19. The smallest absolute Gasteiger partial charge is 0.247 e. The summed E-state index contributed by atoms with van der Waals surface area (Å²) >= 11 is 0. The van der Waals surface area contributed by atoms with Crippen molar-refractivity contribution in [1.82, 2.24) is 9.21 Å². The van der Waals surface area contributed by atoms with Crippen LogP contribution in [0.25, 0.3) is 0 Å². The van der Waals surface area contributed by atoms with Gasteiger partial charge in [0, 0.05) is 32.2 Å². The standard InChI is InChI=1S/C20H25N3O4S/c1-15(24)21-17-9-10-19(27-3)20(13-17)28(25,26)23-12-11-22(2)14-18(23)16-7-5-4-6-8-16/h4-10,13,18H,11-12,14H2,1-3H3,(H,21,24)/t18-/m0/s1. The second kappa shape index (κ2) is 8.30. The molecule has 0 saturated carbocycles. The Morgan fingerprint density at radius 2 is 1.86 bits per heavy atom. The third-order valence-electron chi connectivity index (χ3n) is 4.79. The van der Waals surface area contributed by atoms with E-state index in [2.05, 4.69) is 10.2 Å². The number of nitrogens with zero attached hydrogens (tertiary/aromatic N) is 2. The summed E-state index contributed by atoms with van der Waals surface area (Å²) < 4.78 is 34.1. The Bertz CT molecular complexity index is 947. The number of hydrogen-bond acceptors (Lipinski definition) is 5. The molecule has 1 aliphatic rings. The monoisotopic (exact) mass is 403 g/mol. The number of carbonyl (C=O) groups excluding carboxylic acids is 1. The lowest BCUT2D eigenvalue weighted by Crippen LogP contribution is -2.49. The van der Waals surface area contributed by atoms with Gasteiger partial charge in [-0.15, -0.1) is 0 Å². The van der Waals surface area contributed by atoms with E-state index in [9.17, 15) is 13.2 Å². The number of nitrogens with one attached hydrogen (secondary N) is 1. The lowest BCUT2D eigenvalue weighted by molar-refractivity contribution is -0.114. The minimum atomic E-state index is -3.85. The fourth-order valence-corrected chi connectivity index (χ4v) is 5.20. The molecule has 0 unspecified atom stereocenters. The van der Waals surface area contributed by atoms with Crippen molar-refractivity contribution in [1.29, 1.82) is 0 Å². The number of carbonyl (C=O) groups is 1. The van der Waals surface area contributed by atoms with Crippen molar-refractivity contribution in [3.05, 3.63) is 54.1 Å². The van der Waals surface area contributed by atoms with Gasteiger partial charge >= 0.3 is 0 Å². The van der Waals surface area contributed by atoms with Crippen molar-refractivity contribution < 1.29 is 17.9 Å². The molecule has 2 aromatic carbocycles. The van der Waals surface area contributed by atoms with E-state index < -0.39 is 10.0 Å². The van der Waals surface area contributed by atoms with E-state index in [0.717, 1.165) is 5.56 Å². The van der Waals surface area contributed by atoms with Gasteiger partial charge in [-0.25, -0.2) is 8.42 Å². The molecule has 8 heteroatoms. The molecule has 0 spiro atoms. The maximum Gasteiger partial charge on any atom is 0.247 e. The Morgan fingerprint density at radius 1 is 1.14 bits per heavy atom. The van der Waals surface area contributed by atoms with Crippen molar-refractivity contribution in [2.45, 2.75) is 17.9 Å². The molecule has 7 nitrogen and oxygen atoms in total. The largest absolute Gasteiger partial charge is 0.495 e. The van der Waals surface area contributed by atoms with Crippen LogP contribution in [0.5, 0.6) is 5.75 Å². The number of likely N-dealkylation sites (N-methyl/N-ethyl adjacent to an activating group) is 1. The van der Waals surface area contributed by atoms with Crippen LogP contribution >= 0.6 is 0 Å². The molecule has 28 heavy (non-hydrogen) atoms. The predicted molar refractivity (Wildman–Crippen MR) is 108 cm³/mol. The maximum atomic E-state index is 13.6. The van der Waals surface area contributed by atoms with E-state index in [-0.39, 0.29) is 22.6 Å². The molecule has 1 N–H and O–H groups in total. The van der Waals surface area contributed by atoms with Crippen LogP contribution in [0.4, 0.5) is 5.69 Å². The SMILES string of the molecule is COc1ccc(NC(C)=O)cc1S(=O)(=O)N1CCN(C)C[C@H]1c1ccccc1. The van der Waals surface area contributed by atoms with Crippen LogP contribution in [0.2, 0.25) is 0 Å². The van der Waals surface area contributed by atoms with Gasteiger partial charge in [-0.2, -0.15) is 4.31 Å². The molecule has 1 fully saturated rings. The van der Waals surface area contributed by atoms with Crippen LogP contribution < -0.4 is 10.1 Å². The number of anilines is 1. The molecular weight excluding hydrogens is 378 g/mol. The summed E-state index contributed by atoms with van der Waals surface area (Å²) in [7, 11) is -0.434. The number of ether oxygens (including phenoxy) is 1. The first-order valence-electron chi connectivity index (χ1n) is 9.04. The number of piperazine rings is 1. The van der Waals surface area contributed by atoms with Gasteiger partial charge in [-0.1, -0.05) is 30.3 Å². The highest BCUT2D eigenvalue weighted by atomic mass is 32.2. The Morgan fingerprint density at radius 3 is 2.50 bits per heavy atom. The van der Waals surface area contributed by atoms with Crippen LogP contribution in [0, 0.1) is 0 Å². The highest BCUT2D eigenvalue weighted by molar-refractivity contribution is 7.89. The lowest BCUT2D eigenvalue weighted by atomic mass is 10.1. The predicted octanol–water partition coefficient (Wildman–Crippen LogP) is 2.33. The molecule has 1 heterocycles. The van der Waals surface area contributed by atoms with E-state index in [4.69, 9.17) is 4.74 Å². The second-order valence-corrected chi connectivity index (χ2v) is 8.71. The average molecular weight is 404 g/mol. The number of benzene rings is 2. The molecule has 150 valence electrons. The van der Waals surface area contributed by atoms with Crippen LogP contribution in [0.1, 0.15) is 18.5 Å². The van der Waals surface area contributed by atoms with Gasteiger partial charge in [0.25, 0.3) is 0 Å². The molecule has 3 rings (SSSR count). The Labute approximate surface area is 166 Å². The van der Waals surface area contributed by atoms with Crippen molar-refractivity contribution >= 4 is 21.6 Å². The van der Waals surface area contributed by atoms with Crippen LogP contribution in [0.15, 0.2) is 53.4 Å². The van der Waals surface area contributed by atoms with E-state index >= 15 is 0 Å². The topological polar surface area (TPSA) is 78.9 Å². The van der Waals surface area contributed by atoms with Gasteiger partial charge in [0.1, 0.15) is 10.6 Å². The van der Waals surface area contributed by atoms with Gasteiger partial charge < -0.3 is 15.0 Å². The highest BCUT2D eigenvalue weighted by Crippen LogP contribution is 2.35. The first kappa shape index (κ1) is 20.3. The van der Waals surface area contributed by atoms with E-state index in [1.807, 2.05) is 37.4 Å². The summed E-state index contributed by atoms with van der Waals surface area (Å²) in [6.45, 7) is 2.98. The summed E-state index contributed by atoms with van der Waals surface area (Å²) in [4.78, 5) is 13.6. The summed E-state index contributed by atoms with van der Waals surface area (Å²) in [5, 5.41) is 2.64. The quantitative estimate of drug-likeness (QED) is 0.829. The number of sulfonamides is 1. The summed E-state index contributed by atoms with van der Waals surface area (Å²) in [6.07, 6.45) is 0. The second-order valence-electron chi connectivity index (χ2n) is 6.85.